The number of hydrogen-bond donors (Lipinski definition) is 1. The lowest BCUT2D eigenvalue weighted by molar-refractivity contribution is -0.125. The average molecular weight is 419 g/mol. The molecular weight excluding hydrogens is 392 g/mol. The molecule has 0 atom stereocenters. The molecule has 0 radical (unpaired) electrons. The maximum atomic E-state index is 12.7. The summed E-state index contributed by atoms with van der Waals surface area (Å²) < 4.78 is 0. The van der Waals surface area contributed by atoms with Crippen LogP contribution in [-0.4, -0.2) is 28.9 Å². The van der Waals surface area contributed by atoms with Crippen molar-refractivity contribution in [3.8, 4) is 11.1 Å². The van der Waals surface area contributed by atoms with Gasteiger partial charge in [0.15, 0.2) is 0 Å². The molecular formula is C29H26N2O. The summed E-state index contributed by atoms with van der Waals surface area (Å²) >= 11 is 0. The van der Waals surface area contributed by atoms with Crippen LogP contribution >= 0.6 is 0 Å². The van der Waals surface area contributed by atoms with Crippen molar-refractivity contribution < 1.29 is 4.79 Å². The minimum Gasteiger partial charge on any atom is -0.360 e. The van der Waals surface area contributed by atoms with E-state index in [2.05, 4.69) is 78.8 Å². The quantitative estimate of drug-likeness (QED) is 0.379. The van der Waals surface area contributed by atoms with Crippen molar-refractivity contribution >= 4 is 28.5 Å². The normalized spacial score (nSPS) is 14.2. The summed E-state index contributed by atoms with van der Waals surface area (Å²) in [5.41, 5.74) is 8.42. The predicted molar refractivity (Wildman–Crippen MR) is 133 cm³/mol. The molecule has 0 unspecified atom stereocenters. The predicted octanol–water partition coefficient (Wildman–Crippen LogP) is 6.47. The van der Waals surface area contributed by atoms with Crippen LogP contribution in [0.5, 0.6) is 0 Å². The Morgan fingerprint density at radius 1 is 0.938 bits per heavy atom. The first-order valence-corrected chi connectivity index (χ1v) is 11.1. The molecule has 0 saturated heterocycles. The van der Waals surface area contributed by atoms with Crippen LogP contribution in [0.15, 0.2) is 91.1 Å². The molecule has 2 heterocycles. The van der Waals surface area contributed by atoms with Gasteiger partial charge in [-0.2, -0.15) is 0 Å². The van der Waals surface area contributed by atoms with Crippen molar-refractivity contribution in [2.24, 2.45) is 0 Å². The lowest BCUT2D eigenvalue weighted by atomic mass is 9.98. The van der Waals surface area contributed by atoms with E-state index in [4.69, 9.17) is 0 Å². The van der Waals surface area contributed by atoms with Gasteiger partial charge in [-0.15, -0.1) is 0 Å². The molecule has 3 heteroatoms. The highest BCUT2D eigenvalue weighted by Gasteiger charge is 2.18. The van der Waals surface area contributed by atoms with E-state index in [0.717, 1.165) is 18.5 Å². The van der Waals surface area contributed by atoms with Gasteiger partial charge in [0, 0.05) is 41.8 Å². The number of nitrogens with zero attached hydrogens (tertiary/aromatic N) is 1. The van der Waals surface area contributed by atoms with E-state index in [1.807, 2.05) is 29.2 Å². The minimum absolute atomic E-state index is 0.0576. The second-order valence-corrected chi connectivity index (χ2v) is 8.28. The van der Waals surface area contributed by atoms with Crippen molar-refractivity contribution in [1.82, 2.24) is 9.88 Å². The molecule has 1 aliphatic heterocycles. The second-order valence-electron chi connectivity index (χ2n) is 8.28. The molecule has 1 aromatic heterocycles. The van der Waals surface area contributed by atoms with Crippen LogP contribution in [0.2, 0.25) is 0 Å². The van der Waals surface area contributed by atoms with E-state index in [0.29, 0.717) is 6.54 Å². The number of benzene rings is 3. The third-order valence-electron chi connectivity index (χ3n) is 6.23. The highest BCUT2D eigenvalue weighted by molar-refractivity contribution is 5.96. The molecule has 0 spiro atoms. The van der Waals surface area contributed by atoms with Gasteiger partial charge < -0.3 is 9.88 Å². The lowest BCUT2D eigenvalue weighted by Gasteiger charge is -2.25. The molecule has 0 saturated carbocycles. The summed E-state index contributed by atoms with van der Waals surface area (Å²) in [6.07, 6.45) is 8.74. The first-order valence-electron chi connectivity index (χ1n) is 11.1. The van der Waals surface area contributed by atoms with Crippen molar-refractivity contribution in [3.63, 3.8) is 0 Å². The van der Waals surface area contributed by atoms with Gasteiger partial charge in [-0.25, -0.2) is 0 Å². The number of carbonyl (C=O) groups excluding carboxylic acids is 1. The molecule has 0 fully saturated rings. The number of para-hydroxylation sites is 1. The Hall–Kier alpha value is -3.85. The van der Waals surface area contributed by atoms with E-state index < -0.39 is 0 Å². The SMILES string of the molecule is Cc1cccc2c(C3=CCN(C(=O)/C=C/c4ccc(-c5ccccc5)cc4)CC3)c[nH]c12. The van der Waals surface area contributed by atoms with E-state index in [-0.39, 0.29) is 5.91 Å². The molecule has 1 N–H and O–H groups in total. The molecule has 0 aliphatic carbocycles. The van der Waals surface area contributed by atoms with Crippen LogP contribution in [0.3, 0.4) is 0 Å². The fourth-order valence-corrected chi connectivity index (χ4v) is 4.38. The number of fused-ring (bicyclic) bond motifs is 1. The van der Waals surface area contributed by atoms with E-state index in [1.165, 1.54) is 38.7 Å². The first kappa shape index (κ1) is 20.1. The van der Waals surface area contributed by atoms with Crippen molar-refractivity contribution in [2.45, 2.75) is 13.3 Å². The number of amides is 1. The van der Waals surface area contributed by atoms with Crippen LogP contribution in [0.1, 0.15) is 23.1 Å². The summed E-state index contributed by atoms with van der Waals surface area (Å²) in [4.78, 5) is 18.0. The molecule has 3 nitrogen and oxygen atoms in total. The number of nitrogens with one attached hydrogen (secondary N) is 1. The Kier molecular flexibility index (Phi) is 5.47. The number of rotatable bonds is 4. The van der Waals surface area contributed by atoms with Crippen LogP contribution in [0, 0.1) is 6.92 Å². The Balaban J connectivity index is 1.25. The number of H-pyrrole nitrogens is 1. The van der Waals surface area contributed by atoms with Crippen LogP contribution in [0.4, 0.5) is 0 Å². The monoisotopic (exact) mass is 418 g/mol. The van der Waals surface area contributed by atoms with E-state index in [9.17, 15) is 4.79 Å². The molecule has 5 rings (SSSR count). The highest BCUT2D eigenvalue weighted by atomic mass is 16.2. The summed E-state index contributed by atoms with van der Waals surface area (Å²) in [6, 6.07) is 25.0. The molecule has 3 aromatic carbocycles. The van der Waals surface area contributed by atoms with Gasteiger partial charge >= 0.3 is 0 Å². The van der Waals surface area contributed by atoms with Crippen molar-refractivity contribution in [3.05, 3.63) is 108 Å². The molecule has 158 valence electrons. The fraction of sp³-hybridized carbons (Fsp3) is 0.138. The minimum atomic E-state index is 0.0576. The standard InChI is InChI=1S/C29H26N2O/c1-21-6-5-9-26-27(20-30-29(21)26)25-16-18-31(19-17-25)28(32)15-12-22-10-13-24(14-11-22)23-7-3-2-4-8-23/h2-16,20,30H,17-19H2,1H3/b15-12+. The largest absolute Gasteiger partial charge is 0.360 e. The average Bonchev–Trinajstić information content (AvgIpc) is 3.29. The van der Waals surface area contributed by atoms with E-state index >= 15 is 0 Å². The molecule has 4 aromatic rings. The summed E-state index contributed by atoms with van der Waals surface area (Å²) in [5, 5.41) is 1.26. The number of aromatic amines is 1. The lowest BCUT2D eigenvalue weighted by Crippen LogP contribution is -2.33. The first-order chi connectivity index (χ1) is 15.7. The zero-order valence-corrected chi connectivity index (χ0v) is 18.2. The van der Waals surface area contributed by atoms with Crippen LogP contribution in [0.25, 0.3) is 33.7 Å². The number of hydrogen-bond acceptors (Lipinski definition) is 1. The van der Waals surface area contributed by atoms with Crippen molar-refractivity contribution in [2.75, 3.05) is 13.1 Å². The highest BCUT2D eigenvalue weighted by Crippen LogP contribution is 2.30. The van der Waals surface area contributed by atoms with Gasteiger partial charge in [-0.05, 0) is 47.2 Å². The number of aromatic nitrogens is 1. The molecule has 0 bridgehead atoms. The Morgan fingerprint density at radius 3 is 2.47 bits per heavy atom. The zero-order valence-electron chi connectivity index (χ0n) is 18.2. The zero-order chi connectivity index (χ0) is 21.9. The Labute approximate surface area is 188 Å². The van der Waals surface area contributed by atoms with Gasteiger partial charge in [0.1, 0.15) is 0 Å². The molecule has 32 heavy (non-hydrogen) atoms. The van der Waals surface area contributed by atoms with Crippen LogP contribution in [-0.2, 0) is 4.79 Å². The summed E-state index contributed by atoms with van der Waals surface area (Å²) in [7, 11) is 0. The van der Waals surface area contributed by atoms with Gasteiger partial charge in [-0.1, -0.05) is 78.9 Å². The summed E-state index contributed by atoms with van der Waals surface area (Å²) in [6.45, 7) is 3.50. The second kappa shape index (κ2) is 8.72. The maximum Gasteiger partial charge on any atom is 0.246 e. The fourth-order valence-electron chi connectivity index (χ4n) is 4.38. The van der Waals surface area contributed by atoms with Crippen LogP contribution < -0.4 is 0 Å². The van der Waals surface area contributed by atoms with E-state index in [1.54, 1.807) is 6.08 Å². The van der Waals surface area contributed by atoms with Crippen molar-refractivity contribution in [1.29, 1.82) is 0 Å². The Bertz CT molecular complexity index is 1310. The number of aryl methyl sites for hydroxylation is 1. The van der Waals surface area contributed by atoms with Gasteiger partial charge in [0.05, 0.1) is 0 Å². The molecule has 1 amide bonds. The summed E-state index contributed by atoms with van der Waals surface area (Å²) in [5.74, 6) is 0.0576. The smallest absolute Gasteiger partial charge is 0.246 e. The number of carbonyl (C=O) groups is 1. The molecule has 1 aliphatic rings. The van der Waals surface area contributed by atoms with Gasteiger partial charge in [0.25, 0.3) is 0 Å². The topological polar surface area (TPSA) is 36.1 Å². The van der Waals surface area contributed by atoms with Gasteiger partial charge in [-0.3, -0.25) is 4.79 Å². The third-order valence-corrected chi connectivity index (χ3v) is 6.23. The van der Waals surface area contributed by atoms with Gasteiger partial charge in [0.2, 0.25) is 5.91 Å². The Morgan fingerprint density at radius 2 is 1.72 bits per heavy atom. The third kappa shape index (κ3) is 4.02. The maximum absolute atomic E-state index is 12.7.